The Labute approximate surface area is 232 Å². The molecule has 38 heavy (non-hydrogen) atoms. The second-order valence-corrected chi connectivity index (χ2v) is 14.2. The number of pyridine rings is 1. The van der Waals surface area contributed by atoms with E-state index in [1.165, 1.54) is 46.8 Å². The van der Waals surface area contributed by atoms with Gasteiger partial charge >= 0.3 is 0 Å². The number of sulfone groups is 1. The molecule has 3 aromatic rings. The number of halogens is 2. The normalized spacial score (nSPS) is 12.9. The Morgan fingerprint density at radius 2 is 1.79 bits per heavy atom. The molecule has 2 aromatic carbocycles. The summed E-state index contributed by atoms with van der Waals surface area (Å²) in [5.41, 5.74) is 2.36. The molecule has 0 saturated heterocycles. The summed E-state index contributed by atoms with van der Waals surface area (Å²) >= 11 is 7.75. The second kappa shape index (κ2) is 11.7. The van der Waals surface area contributed by atoms with Gasteiger partial charge < -0.3 is 4.57 Å². The lowest BCUT2D eigenvalue weighted by Gasteiger charge is -2.27. The van der Waals surface area contributed by atoms with Crippen LogP contribution in [0.25, 0.3) is 11.1 Å². The van der Waals surface area contributed by atoms with Crippen molar-refractivity contribution in [3.8, 4) is 11.1 Å². The number of aromatic nitrogens is 1. The fraction of sp³-hybridized carbons (Fsp3) is 0.357. The molecular formula is C28H32ClFN2O4S2. The molecule has 204 valence electrons. The average molecular weight is 579 g/mol. The first-order chi connectivity index (χ1) is 17.7. The van der Waals surface area contributed by atoms with Crippen molar-refractivity contribution in [3.63, 3.8) is 0 Å². The van der Waals surface area contributed by atoms with Crippen molar-refractivity contribution in [2.75, 3.05) is 5.75 Å². The van der Waals surface area contributed by atoms with Crippen molar-refractivity contribution in [2.45, 2.75) is 50.5 Å². The van der Waals surface area contributed by atoms with Crippen LogP contribution in [-0.2, 0) is 22.6 Å². The quantitative estimate of drug-likeness (QED) is 0.238. The van der Waals surface area contributed by atoms with Gasteiger partial charge in [0.15, 0.2) is 15.6 Å². The van der Waals surface area contributed by atoms with Gasteiger partial charge in [0.1, 0.15) is 5.82 Å². The summed E-state index contributed by atoms with van der Waals surface area (Å²) < 4.78 is 39.7. The monoisotopic (exact) mass is 578 g/mol. The van der Waals surface area contributed by atoms with E-state index in [9.17, 15) is 22.4 Å². The van der Waals surface area contributed by atoms with Gasteiger partial charge in [-0.05, 0) is 79.3 Å². The maximum Gasteiger partial charge on any atom is 0.250 e. The van der Waals surface area contributed by atoms with Gasteiger partial charge in [-0.25, -0.2) is 12.8 Å². The molecule has 0 unspecified atom stereocenters. The summed E-state index contributed by atoms with van der Waals surface area (Å²) in [6.45, 7) is 7.55. The summed E-state index contributed by atoms with van der Waals surface area (Å²) in [5.74, 6) is -1.37. The first-order valence-electron chi connectivity index (χ1n) is 12.1. The molecule has 0 amide bonds. The predicted molar refractivity (Wildman–Crippen MR) is 154 cm³/mol. The molecule has 1 aromatic heterocycles. The minimum Gasteiger partial charge on any atom is -0.318 e. The summed E-state index contributed by atoms with van der Waals surface area (Å²) in [6, 6.07) is 9.78. The molecular weight excluding hydrogens is 547 g/mol. The zero-order valence-electron chi connectivity index (χ0n) is 22.0. The molecule has 3 rings (SSSR count). The highest BCUT2D eigenvalue weighted by molar-refractivity contribution is 7.98. The van der Waals surface area contributed by atoms with E-state index in [1.807, 2.05) is 20.8 Å². The van der Waals surface area contributed by atoms with E-state index in [-0.39, 0.29) is 43.9 Å². The molecule has 0 aliphatic carbocycles. The molecule has 10 heteroatoms. The highest BCUT2D eigenvalue weighted by atomic mass is 35.5. The van der Waals surface area contributed by atoms with Crippen molar-refractivity contribution < 1.29 is 17.6 Å². The van der Waals surface area contributed by atoms with Crippen LogP contribution < -0.4 is 10.7 Å². The van der Waals surface area contributed by atoms with Crippen LogP contribution in [0.3, 0.4) is 0 Å². The number of ketones is 1. The van der Waals surface area contributed by atoms with Gasteiger partial charge in [-0.1, -0.05) is 37.4 Å². The lowest BCUT2D eigenvalue weighted by Crippen LogP contribution is -2.23. The van der Waals surface area contributed by atoms with Gasteiger partial charge in [0.05, 0.1) is 5.75 Å². The highest BCUT2D eigenvalue weighted by Gasteiger charge is 2.27. The Hall–Kier alpha value is -2.46. The van der Waals surface area contributed by atoms with Crippen molar-refractivity contribution in [1.82, 2.24) is 4.57 Å². The van der Waals surface area contributed by atoms with Gasteiger partial charge in [0.2, 0.25) is 0 Å². The Bertz CT molecular complexity index is 1520. The van der Waals surface area contributed by atoms with Crippen molar-refractivity contribution in [1.29, 1.82) is 0 Å². The van der Waals surface area contributed by atoms with Gasteiger partial charge in [0, 0.05) is 51.5 Å². The van der Waals surface area contributed by atoms with Gasteiger partial charge in [0.25, 0.3) is 5.56 Å². The average Bonchev–Trinajstić information content (AvgIpc) is 2.86. The number of nitrogens with zero attached hydrogens (tertiary/aromatic N) is 1. The van der Waals surface area contributed by atoms with E-state index in [1.54, 1.807) is 32.3 Å². The fourth-order valence-electron chi connectivity index (χ4n) is 4.41. The smallest absolute Gasteiger partial charge is 0.250 e. The standard InChI is InChI=1S/C28H32ClFN2O4S2/c1-6-38(35,36)16-19-11-22(23(12-25(19)29)27(34)18-7-9-20(30)10-8-18)24-15-32(5)26(33)13-21(24)17(2)14-28(3,4)37-31/h7-13,15,17H,6,14,16,31H2,1-5H3/t17-/m0/s1. The third-order valence-electron chi connectivity index (χ3n) is 6.55. The van der Waals surface area contributed by atoms with E-state index >= 15 is 0 Å². The zero-order chi connectivity index (χ0) is 28.4. The number of nitrogens with two attached hydrogens (primary N) is 1. The van der Waals surface area contributed by atoms with E-state index in [2.05, 4.69) is 0 Å². The van der Waals surface area contributed by atoms with Crippen LogP contribution in [0.4, 0.5) is 4.39 Å². The molecule has 1 atom stereocenters. The number of rotatable bonds is 10. The molecule has 0 fully saturated rings. The van der Waals surface area contributed by atoms with E-state index in [4.69, 9.17) is 16.7 Å². The molecule has 0 spiro atoms. The number of carbonyl (C=O) groups is 1. The van der Waals surface area contributed by atoms with E-state index in [0.29, 0.717) is 28.7 Å². The molecule has 0 saturated carbocycles. The molecule has 1 heterocycles. The highest BCUT2D eigenvalue weighted by Crippen LogP contribution is 2.39. The number of aryl methyl sites for hydroxylation is 1. The number of benzene rings is 2. The largest absolute Gasteiger partial charge is 0.318 e. The topological polar surface area (TPSA) is 99.2 Å². The summed E-state index contributed by atoms with van der Waals surface area (Å²) in [6.07, 6.45) is 2.29. The van der Waals surface area contributed by atoms with Crippen LogP contribution in [-0.4, -0.2) is 29.3 Å². The van der Waals surface area contributed by atoms with Crippen LogP contribution in [0.2, 0.25) is 5.02 Å². The van der Waals surface area contributed by atoms with Crippen LogP contribution in [0, 0.1) is 5.82 Å². The Morgan fingerprint density at radius 3 is 2.37 bits per heavy atom. The van der Waals surface area contributed by atoms with E-state index in [0.717, 1.165) is 0 Å². The van der Waals surface area contributed by atoms with Gasteiger partial charge in [-0.3, -0.25) is 14.7 Å². The second-order valence-electron chi connectivity index (χ2n) is 10.1. The van der Waals surface area contributed by atoms with Crippen molar-refractivity contribution in [2.24, 2.45) is 12.2 Å². The zero-order valence-corrected chi connectivity index (χ0v) is 24.4. The van der Waals surface area contributed by atoms with Crippen molar-refractivity contribution >= 4 is 39.2 Å². The Balaban J connectivity index is 2.34. The van der Waals surface area contributed by atoms with Crippen LogP contribution in [0.15, 0.2) is 53.5 Å². The maximum atomic E-state index is 13.7. The van der Waals surface area contributed by atoms with Crippen LogP contribution >= 0.6 is 23.5 Å². The minimum atomic E-state index is -3.44. The number of carbonyl (C=O) groups excluding carboxylic acids is 1. The minimum absolute atomic E-state index is 0.0666. The van der Waals surface area contributed by atoms with Crippen LogP contribution in [0.1, 0.15) is 67.1 Å². The molecule has 2 N–H and O–H groups in total. The third-order valence-corrected chi connectivity index (χ3v) is 9.34. The Morgan fingerprint density at radius 1 is 1.16 bits per heavy atom. The lowest BCUT2D eigenvalue weighted by molar-refractivity contribution is 0.103. The Kier molecular flexibility index (Phi) is 9.29. The number of hydrogen-bond acceptors (Lipinski definition) is 6. The van der Waals surface area contributed by atoms with Crippen LogP contribution in [0.5, 0.6) is 0 Å². The van der Waals surface area contributed by atoms with Crippen molar-refractivity contribution in [3.05, 3.63) is 92.1 Å². The molecule has 6 nitrogen and oxygen atoms in total. The SMILES string of the molecule is CCS(=O)(=O)Cc1cc(-c2cn(C)c(=O)cc2[C@@H](C)CC(C)(C)SN)c(C(=O)c2ccc(F)cc2)cc1Cl. The molecule has 0 radical (unpaired) electrons. The molecule has 0 aliphatic rings. The number of hydrogen-bond donors (Lipinski definition) is 1. The fourth-order valence-corrected chi connectivity index (χ4v) is 5.98. The van der Waals surface area contributed by atoms with E-state index < -0.39 is 21.4 Å². The third kappa shape index (κ3) is 6.94. The summed E-state index contributed by atoms with van der Waals surface area (Å²) in [4.78, 5) is 26.4. The first-order valence-corrected chi connectivity index (χ1v) is 15.2. The first kappa shape index (κ1) is 30.1. The maximum absolute atomic E-state index is 13.7. The summed E-state index contributed by atoms with van der Waals surface area (Å²) in [7, 11) is -1.82. The molecule has 0 aliphatic heterocycles. The summed E-state index contributed by atoms with van der Waals surface area (Å²) in [5, 5.41) is 6.03. The van der Waals surface area contributed by atoms with Gasteiger partial charge in [-0.15, -0.1) is 0 Å². The predicted octanol–water partition coefficient (Wildman–Crippen LogP) is 5.89. The lowest BCUT2D eigenvalue weighted by atomic mass is 9.84. The molecule has 0 bridgehead atoms. The van der Waals surface area contributed by atoms with Gasteiger partial charge in [-0.2, -0.15) is 0 Å².